The van der Waals surface area contributed by atoms with Crippen LogP contribution in [0.25, 0.3) is 0 Å². The molecule has 100 valence electrons. The van der Waals surface area contributed by atoms with E-state index in [1.54, 1.807) is 36.9 Å². The molecule has 5 heteroatoms. The summed E-state index contributed by atoms with van der Waals surface area (Å²) in [5.74, 6) is -0.200. The quantitative estimate of drug-likeness (QED) is 0.824. The van der Waals surface area contributed by atoms with Crippen LogP contribution in [-0.2, 0) is 0 Å². The van der Waals surface area contributed by atoms with Gasteiger partial charge >= 0.3 is 0 Å². The van der Waals surface area contributed by atoms with Crippen LogP contribution in [0.15, 0.2) is 18.2 Å². The Morgan fingerprint density at radius 3 is 2.56 bits per heavy atom. The van der Waals surface area contributed by atoms with Crippen molar-refractivity contribution in [3.8, 4) is 0 Å². The molecule has 0 saturated heterocycles. The first-order valence-electron chi connectivity index (χ1n) is 5.81. The highest BCUT2D eigenvalue weighted by Gasteiger charge is 2.23. The smallest absolute Gasteiger partial charge is 0.256 e. The Morgan fingerprint density at radius 2 is 2.11 bits per heavy atom. The standard InChI is InChI=1S/C13H19ClN2O2/c1-4-16(8-13(2,3)18)12(17)10-6-5-9(14)7-11(10)15/h5-7,18H,4,8,15H2,1-3H3. The highest BCUT2D eigenvalue weighted by atomic mass is 35.5. The number of nitrogen functional groups attached to an aromatic ring is 1. The van der Waals surface area contributed by atoms with Gasteiger partial charge in [-0.3, -0.25) is 4.79 Å². The van der Waals surface area contributed by atoms with Gasteiger partial charge in [-0.2, -0.15) is 0 Å². The lowest BCUT2D eigenvalue weighted by atomic mass is 10.1. The number of halogens is 1. The maximum Gasteiger partial charge on any atom is 0.256 e. The Hall–Kier alpha value is -1.26. The topological polar surface area (TPSA) is 66.6 Å². The van der Waals surface area contributed by atoms with E-state index in [0.29, 0.717) is 22.8 Å². The number of nitrogens with two attached hydrogens (primary N) is 1. The number of nitrogens with zero attached hydrogens (tertiary/aromatic N) is 1. The first kappa shape index (κ1) is 14.8. The van der Waals surface area contributed by atoms with Crippen LogP contribution >= 0.6 is 11.6 Å². The van der Waals surface area contributed by atoms with Crippen molar-refractivity contribution >= 4 is 23.2 Å². The molecule has 0 fully saturated rings. The number of likely N-dealkylation sites (N-methyl/N-ethyl adjacent to an activating group) is 1. The average molecular weight is 271 g/mol. The summed E-state index contributed by atoms with van der Waals surface area (Å²) in [6.45, 7) is 5.94. The minimum Gasteiger partial charge on any atom is -0.398 e. The molecular weight excluding hydrogens is 252 g/mol. The van der Waals surface area contributed by atoms with Crippen molar-refractivity contribution in [1.82, 2.24) is 4.90 Å². The van der Waals surface area contributed by atoms with Gasteiger partial charge in [-0.1, -0.05) is 11.6 Å². The molecule has 1 aromatic carbocycles. The van der Waals surface area contributed by atoms with Crippen molar-refractivity contribution in [2.75, 3.05) is 18.8 Å². The molecule has 1 amide bonds. The first-order valence-corrected chi connectivity index (χ1v) is 6.19. The lowest BCUT2D eigenvalue weighted by molar-refractivity contribution is 0.0315. The number of carbonyl (C=O) groups is 1. The Kier molecular flexibility index (Phi) is 4.59. The fraction of sp³-hybridized carbons (Fsp3) is 0.462. The van der Waals surface area contributed by atoms with Crippen molar-refractivity contribution < 1.29 is 9.90 Å². The molecule has 1 rings (SSSR count). The third-order valence-electron chi connectivity index (χ3n) is 2.49. The van der Waals surface area contributed by atoms with Gasteiger partial charge < -0.3 is 15.7 Å². The fourth-order valence-electron chi connectivity index (χ4n) is 1.69. The van der Waals surface area contributed by atoms with Crippen LogP contribution in [0.5, 0.6) is 0 Å². The minimum absolute atomic E-state index is 0.200. The van der Waals surface area contributed by atoms with E-state index in [1.165, 1.54) is 0 Å². The number of hydrogen-bond acceptors (Lipinski definition) is 3. The molecule has 0 aliphatic heterocycles. The largest absolute Gasteiger partial charge is 0.398 e. The van der Waals surface area contributed by atoms with Crippen LogP contribution in [0.1, 0.15) is 31.1 Å². The zero-order chi connectivity index (χ0) is 13.9. The van der Waals surface area contributed by atoms with Crippen LogP contribution in [0.2, 0.25) is 5.02 Å². The molecular formula is C13H19ClN2O2. The molecule has 3 N–H and O–H groups in total. The van der Waals surface area contributed by atoms with Gasteiger partial charge in [0, 0.05) is 23.8 Å². The first-order chi connectivity index (χ1) is 8.24. The minimum atomic E-state index is -0.938. The molecule has 1 aromatic rings. The van der Waals surface area contributed by atoms with E-state index in [1.807, 2.05) is 6.92 Å². The number of carbonyl (C=O) groups excluding carboxylic acids is 1. The van der Waals surface area contributed by atoms with Crippen LogP contribution in [0, 0.1) is 0 Å². The maximum atomic E-state index is 12.3. The molecule has 4 nitrogen and oxygen atoms in total. The van der Waals surface area contributed by atoms with Gasteiger partial charge in [-0.25, -0.2) is 0 Å². The Labute approximate surface area is 112 Å². The zero-order valence-corrected chi connectivity index (χ0v) is 11.7. The second-order valence-electron chi connectivity index (χ2n) is 4.86. The molecule has 0 aliphatic carbocycles. The highest BCUT2D eigenvalue weighted by molar-refractivity contribution is 6.31. The second-order valence-corrected chi connectivity index (χ2v) is 5.30. The zero-order valence-electron chi connectivity index (χ0n) is 10.9. The van der Waals surface area contributed by atoms with Crippen molar-refractivity contribution in [1.29, 1.82) is 0 Å². The molecule has 0 radical (unpaired) electrons. The molecule has 0 atom stereocenters. The summed E-state index contributed by atoms with van der Waals surface area (Å²) in [6.07, 6.45) is 0. The molecule has 0 unspecified atom stereocenters. The SMILES string of the molecule is CCN(CC(C)(C)O)C(=O)c1ccc(Cl)cc1N. The lowest BCUT2D eigenvalue weighted by Crippen LogP contribution is -2.42. The van der Waals surface area contributed by atoms with Crippen LogP contribution in [0.4, 0.5) is 5.69 Å². The van der Waals surface area contributed by atoms with Gasteiger partial charge in [-0.15, -0.1) is 0 Å². The summed E-state index contributed by atoms with van der Waals surface area (Å²) < 4.78 is 0. The summed E-state index contributed by atoms with van der Waals surface area (Å²) in [6, 6.07) is 4.78. The molecule has 0 heterocycles. The van der Waals surface area contributed by atoms with E-state index < -0.39 is 5.60 Å². The van der Waals surface area contributed by atoms with Gasteiger partial charge in [0.2, 0.25) is 0 Å². The van der Waals surface area contributed by atoms with Crippen LogP contribution in [-0.4, -0.2) is 34.6 Å². The second kappa shape index (κ2) is 5.59. The van der Waals surface area contributed by atoms with Crippen molar-refractivity contribution in [3.05, 3.63) is 28.8 Å². The van der Waals surface area contributed by atoms with Gasteiger partial charge in [-0.05, 0) is 39.0 Å². The summed E-state index contributed by atoms with van der Waals surface area (Å²) in [7, 11) is 0. The molecule has 0 bridgehead atoms. The van der Waals surface area contributed by atoms with Crippen LogP contribution < -0.4 is 5.73 Å². The molecule has 0 aliphatic rings. The van der Waals surface area contributed by atoms with E-state index in [9.17, 15) is 9.90 Å². The Bertz CT molecular complexity index is 441. The number of rotatable bonds is 4. The predicted molar refractivity (Wildman–Crippen MR) is 73.7 cm³/mol. The van der Waals surface area contributed by atoms with Crippen molar-refractivity contribution in [3.63, 3.8) is 0 Å². The van der Waals surface area contributed by atoms with Gasteiger partial charge in [0.1, 0.15) is 0 Å². The molecule has 0 spiro atoms. The normalized spacial score (nSPS) is 11.4. The number of benzene rings is 1. The number of anilines is 1. The van der Waals surface area contributed by atoms with Gasteiger partial charge in [0.25, 0.3) is 5.91 Å². The third-order valence-corrected chi connectivity index (χ3v) is 2.73. The summed E-state index contributed by atoms with van der Waals surface area (Å²) in [5, 5.41) is 10.3. The Morgan fingerprint density at radius 1 is 1.50 bits per heavy atom. The monoisotopic (exact) mass is 270 g/mol. The van der Waals surface area contributed by atoms with E-state index in [4.69, 9.17) is 17.3 Å². The number of amides is 1. The van der Waals surface area contributed by atoms with E-state index in [-0.39, 0.29) is 12.5 Å². The van der Waals surface area contributed by atoms with Crippen LogP contribution in [0.3, 0.4) is 0 Å². The predicted octanol–water partition coefficient (Wildman–Crippen LogP) is 2.16. The van der Waals surface area contributed by atoms with Crippen molar-refractivity contribution in [2.24, 2.45) is 0 Å². The van der Waals surface area contributed by atoms with Gasteiger partial charge in [0.15, 0.2) is 0 Å². The number of aliphatic hydroxyl groups is 1. The third kappa shape index (κ3) is 3.89. The van der Waals surface area contributed by atoms with Gasteiger partial charge in [0.05, 0.1) is 11.2 Å². The number of hydrogen-bond donors (Lipinski definition) is 2. The fourth-order valence-corrected chi connectivity index (χ4v) is 1.87. The summed E-state index contributed by atoms with van der Waals surface area (Å²) >= 11 is 5.80. The molecule has 0 saturated carbocycles. The van der Waals surface area contributed by atoms with E-state index >= 15 is 0 Å². The maximum absolute atomic E-state index is 12.3. The van der Waals surface area contributed by atoms with E-state index in [0.717, 1.165) is 0 Å². The van der Waals surface area contributed by atoms with Crippen molar-refractivity contribution in [2.45, 2.75) is 26.4 Å². The summed E-state index contributed by atoms with van der Waals surface area (Å²) in [5.41, 5.74) is 5.60. The van der Waals surface area contributed by atoms with E-state index in [2.05, 4.69) is 0 Å². The average Bonchev–Trinajstić information content (AvgIpc) is 2.24. The lowest BCUT2D eigenvalue weighted by Gasteiger charge is -2.28. The highest BCUT2D eigenvalue weighted by Crippen LogP contribution is 2.20. The Balaban J connectivity index is 2.97. The summed E-state index contributed by atoms with van der Waals surface area (Å²) in [4.78, 5) is 13.8. The molecule has 18 heavy (non-hydrogen) atoms. The molecule has 0 aromatic heterocycles.